The van der Waals surface area contributed by atoms with Crippen LogP contribution in [0.3, 0.4) is 0 Å². The molecule has 1 amide bonds. The first kappa shape index (κ1) is 25.4. The number of benzene rings is 3. The number of aromatic nitrogens is 2. The molecule has 3 aromatic carbocycles. The number of amides is 1. The molecule has 1 aliphatic rings. The van der Waals surface area contributed by atoms with Gasteiger partial charge in [0.1, 0.15) is 17.5 Å². The Hall–Kier alpha value is -4.85. The number of rotatable bonds is 7. The largest absolute Gasteiger partial charge is 0.481 e. The van der Waals surface area contributed by atoms with Crippen LogP contribution in [0.1, 0.15) is 48.4 Å². The Labute approximate surface area is 231 Å². The average Bonchev–Trinajstić information content (AvgIpc) is 3.57. The van der Waals surface area contributed by atoms with E-state index in [0.717, 1.165) is 44.4 Å². The molecule has 1 atom stereocenters. The lowest BCUT2D eigenvalue weighted by atomic mass is 9.92. The number of fused-ring (bicyclic) bond motifs is 1. The summed E-state index contributed by atoms with van der Waals surface area (Å²) in [5, 5.41) is 17.6. The van der Waals surface area contributed by atoms with Crippen LogP contribution in [0.5, 0.6) is 0 Å². The molecule has 6 rings (SSSR count). The van der Waals surface area contributed by atoms with Crippen LogP contribution < -0.4 is 5.32 Å². The number of nitrogens with zero attached hydrogens (tertiary/aromatic N) is 1. The van der Waals surface area contributed by atoms with Crippen LogP contribution >= 0.6 is 0 Å². The fraction of sp³-hybridized carbons (Fsp3) is 0.219. The van der Waals surface area contributed by atoms with Gasteiger partial charge in [-0.2, -0.15) is 0 Å². The van der Waals surface area contributed by atoms with Gasteiger partial charge in [-0.15, -0.1) is 0 Å². The first-order chi connectivity index (χ1) is 19.3. The molecule has 1 aliphatic carbocycles. The van der Waals surface area contributed by atoms with Gasteiger partial charge in [-0.05, 0) is 68.0 Å². The van der Waals surface area contributed by atoms with Crippen molar-refractivity contribution >= 4 is 28.7 Å². The van der Waals surface area contributed by atoms with Crippen molar-refractivity contribution in [2.24, 2.45) is 0 Å². The molecule has 2 aromatic heterocycles. The van der Waals surface area contributed by atoms with E-state index in [4.69, 9.17) is 9.26 Å². The predicted molar refractivity (Wildman–Crippen MR) is 152 cm³/mol. The van der Waals surface area contributed by atoms with Gasteiger partial charge >= 0.3 is 12.1 Å². The van der Waals surface area contributed by atoms with E-state index >= 15 is 0 Å². The molecule has 0 bridgehead atoms. The maximum absolute atomic E-state index is 12.8. The number of carboxylic acids is 1. The van der Waals surface area contributed by atoms with Crippen molar-refractivity contribution < 1.29 is 24.0 Å². The van der Waals surface area contributed by atoms with Crippen LogP contribution in [0.25, 0.3) is 33.4 Å². The van der Waals surface area contributed by atoms with Crippen LogP contribution in [0, 0.1) is 13.8 Å². The average molecular weight is 536 g/mol. The molecule has 1 fully saturated rings. The normalized spacial score (nSPS) is 14.6. The Morgan fingerprint density at radius 1 is 1.02 bits per heavy atom. The second kappa shape index (κ2) is 9.72. The van der Waals surface area contributed by atoms with Crippen LogP contribution in [0.4, 0.5) is 10.5 Å². The highest BCUT2D eigenvalue weighted by Crippen LogP contribution is 2.49. The molecule has 5 aromatic rings. The van der Waals surface area contributed by atoms with E-state index in [1.165, 1.54) is 0 Å². The monoisotopic (exact) mass is 535 g/mol. The molecule has 8 heteroatoms. The van der Waals surface area contributed by atoms with Gasteiger partial charge in [-0.3, -0.25) is 10.1 Å². The number of carbonyl (C=O) groups is 2. The molecular weight excluding hydrogens is 506 g/mol. The summed E-state index contributed by atoms with van der Waals surface area (Å²) in [6.45, 7) is 5.56. The summed E-state index contributed by atoms with van der Waals surface area (Å²) < 4.78 is 11.3. The Morgan fingerprint density at radius 2 is 1.73 bits per heavy atom. The van der Waals surface area contributed by atoms with Crippen LogP contribution in [0.15, 0.2) is 77.3 Å². The number of ether oxygens (including phenoxy) is 1. The van der Waals surface area contributed by atoms with E-state index in [1.54, 1.807) is 6.92 Å². The number of carboxylic acid groups (broad SMARTS) is 1. The van der Waals surface area contributed by atoms with Crippen molar-refractivity contribution in [2.45, 2.75) is 45.1 Å². The summed E-state index contributed by atoms with van der Waals surface area (Å²) >= 11 is 0. The fourth-order valence-electron chi connectivity index (χ4n) is 5.30. The van der Waals surface area contributed by atoms with Gasteiger partial charge < -0.3 is 19.4 Å². The van der Waals surface area contributed by atoms with E-state index in [9.17, 15) is 14.7 Å². The second-order valence-electron chi connectivity index (χ2n) is 10.4. The molecule has 1 unspecified atom stereocenters. The molecular formula is C32H29N3O5. The van der Waals surface area contributed by atoms with E-state index in [1.807, 2.05) is 80.6 Å². The summed E-state index contributed by atoms with van der Waals surface area (Å²) in [4.78, 5) is 28.0. The van der Waals surface area contributed by atoms with Crippen LogP contribution in [-0.2, 0) is 14.9 Å². The molecule has 40 heavy (non-hydrogen) atoms. The zero-order valence-corrected chi connectivity index (χ0v) is 22.4. The maximum Gasteiger partial charge on any atom is 0.412 e. The maximum atomic E-state index is 12.8. The lowest BCUT2D eigenvalue weighted by molar-refractivity contribution is -0.140. The van der Waals surface area contributed by atoms with Crippen molar-refractivity contribution in [3.05, 3.63) is 95.3 Å². The minimum atomic E-state index is -0.765. The molecule has 202 valence electrons. The van der Waals surface area contributed by atoms with Gasteiger partial charge in [0, 0.05) is 16.6 Å². The Balaban J connectivity index is 1.32. The van der Waals surface area contributed by atoms with E-state index in [-0.39, 0.29) is 0 Å². The minimum absolute atomic E-state index is 0.424. The fourth-order valence-corrected chi connectivity index (χ4v) is 5.30. The summed E-state index contributed by atoms with van der Waals surface area (Å²) in [5.74, 6) is -0.342. The van der Waals surface area contributed by atoms with Gasteiger partial charge in [0.2, 0.25) is 0 Å². The number of aryl methyl sites for hydroxylation is 2. The van der Waals surface area contributed by atoms with Gasteiger partial charge in [0.15, 0.2) is 5.76 Å². The number of nitrogens with one attached hydrogen (secondary N) is 2. The number of carbonyl (C=O) groups excluding carboxylic acids is 1. The Kier molecular flexibility index (Phi) is 6.18. The van der Waals surface area contributed by atoms with E-state index < -0.39 is 23.6 Å². The standard InChI is InChI=1S/C32H29N3O5/c1-18-17-26-24(22-9-11-23(12-10-22)32(15-16-32)30(36)37)13-14-25(28(26)33-18)29-27(19(2)35-40-29)34-31(38)39-20(3)21-7-5-4-6-8-21/h4-14,17,20,33H,15-16H2,1-3H3,(H,34,38)(H,36,37). The van der Waals surface area contributed by atoms with Crippen LogP contribution in [0.2, 0.25) is 0 Å². The van der Waals surface area contributed by atoms with Crippen LogP contribution in [-0.4, -0.2) is 27.3 Å². The first-order valence-electron chi connectivity index (χ1n) is 13.2. The zero-order valence-electron chi connectivity index (χ0n) is 22.4. The highest BCUT2D eigenvalue weighted by Gasteiger charge is 2.51. The number of aromatic amines is 1. The highest BCUT2D eigenvalue weighted by molar-refractivity contribution is 6.05. The molecule has 0 radical (unpaired) electrons. The van der Waals surface area contributed by atoms with E-state index in [2.05, 4.69) is 21.5 Å². The van der Waals surface area contributed by atoms with Crippen molar-refractivity contribution in [3.8, 4) is 22.5 Å². The quantitative estimate of drug-likeness (QED) is 0.198. The lowest BCUT2D eigenvalue weighted by Gasteiger charge is -2.14. The summed E-state index contributed by atoms with van der Waals surface area (Å²) in [7, 11) is 0. The number of hydrogen-bond acceptors (Lipinski definition) is 5. The summed E-state index contributed by atoms with van der Waals surface area (Å²) in [6.07, 6.45) is 0.306. The zero-order chi connectivity index (χ0) is 28.0. The van der Waals surface area contributed by atoms with Crippen molar-refractivity contribution in [2.75, 3.05) is 5.32 Å². The summed E-state index contributed by atoms with van der Waals surface area (Å²) in [6, 6.07) is 23.3. The van der Waals surface area contributed by atoms with Gasteiger partial charge in [0.25, 0.3) is 0 Å². The third-order valence-corrected chi connectivity index (χ3v) is 7.72. The SMILES string of the molecule is Cc1cc2c(-c3ccc(C4(C(=O)O)CC4)cc3)ccc(-c3onc(C)c3NC(=O)OC(C)c3ccccc3)c2[nH]1. The number of H-pyrrole nitrogens is 1. The Morgan fingerprint density at radius 3 is 2.40 bits per heavy atom. The molecule has 0 spiro atoms. The Bertz CT molecular complexity index is 1730. The number of hydrogen-bond donors (Lipinski definition) is 3. The van der Waals surface area contributed by atoms with Gasteiger partial charge in [-0.25, -0.2) is 4.79 Å². The smallest absolute Gasteiger partial charge is 0.412 e. The molecule has 1 saturated carbocycles. The lowest BCUT2D eigenvalue weighted by Crippen LogP contribution is -2.19. The highest BCUT2D eigenvalue weighted by atomic mass is 16.6. The topological polar surface area (TPSA) is 117 Å². The number of aliphatic carboxylic acids is 1. The second-order valence-corrected chi connectivity index (χ2v) is 10.4. The molecule has 0 aliphatic heterocycles. The van der Waals surface area contributed by atoms with Gasteiger partial charge in [0.05, 0.1) is 10.9 Å². The predicted octanol–water partition coefficient (Wildman–Crippen LogP) is 7.53. The molecule has 2 heterocycles. The molecule has 8 nitrogen and oxygen atoms in total. The van der Waals surface area contributed by atoms with Crippen molar-refractivity contribution in [3.63, 3.8) is 0 Å². The minimum Gasteiger partial charge on any atom is -0.481 e. The van der Waals surface area contributed by atoms with Crippen molar-refractivity contribution in [1.82, 2.24) is 10.1 Å². The molecule has 0 saturated heterocycles. The third-order valence-electron chi connectivity index (χ3n) is 7.72. The summed E-state index contributed by atoms with van der Waals surface area (Å²) in [5.41, 5.74) is 6.49. The van der Waals surface area contributed by atoms with E-state index in [0.29, 0.717) is 30.0 Å². The first-order valence-corrected chi connectivity index (χ1v) is 13.2. The van der Waals surface area contributed by atoms with Gasteiger partial charge in [-0.1, -0.05) is 65.8 Å². The van der Waals surface area contributed by atoms with Crippen molar-refractivity contribution in [1.29, 1.82) is 0 Å². The number of anilines is 1. The third kappa shape index (κ3) is 4.41. The molecule has 3 N–H and O–H groups in total.